The number of nitrogens with zero attached hydrogens (tertiary/aromatic N) is 6. The number of amides is 1. The van der Waals surface area contributed by atoms with Crippen molar-refractivity contribution in [2.45, 2.75) is 6.92 Å². The first-order valence-electron chi connectivity index (χ1n) is 11.2. The lowest BCUT2D eigenvalue weighted by atomic mass is 10.1. The molecular formula is C24H23ClFN7O2. The molecule has 1 aliphatic heterocycles. The molecule has 1 saturated heterocycles. The fourth-order valence-corrected chi connectivity index (χ4v) is 4.19. The van der Waals surface area contributed by atoms with Crippen LogP contribution in [0.1, 0.15) is 6.92 Å². The van der Waals surface area contributed by atoms with E-state index in [2.05, 4.69) is 10.1 Å². The van der Waals surface area contributed by atoms with Crippen LogP contribution >= 0.6 is 11.6 Å². The Hall–Kier alpha value is -3.92. The van der Waals surface area contributed by atoms with Crippen LogP contribution in [0.25, 0.3) is 28.0 Å². The number of benzene rings is 2. The summed E-state index contributed by atoms with van der Waals surface area (Å²) in [6.07, 6.45) is -0.327. The minimum atomic E-state index is -0.398. The first kappa shape index (κ1) is 22.9. The highest BCUT2D eigenvalue weighted by atomic mass is 35.5. The van der Waals surface area contributed by atoms with E-state index in [0.29, 0.717) is 72.0 Å². The van der Waals surface area contributed by atoms with Gasteiger partial charge in [0.25, 0.3) is 0 Å². The van der Waals surface area contributed by atoms with Crippen molar-refractivity contribution >= 4 is 40.5 Å². The highest BCUT2D eigenvalue weighted by molar-refractivity contribution is 6.30. The Morgan fingerprint density at radius 3 is 2.54 bits per heavy atom. The number of carbonyl (C=O) groups is 1. The first-order valence-corrected chi connectivity index (χ1v) is 11.6. The Kier molecular flexibility index (Phi) is 6.12. The van der Waals surface area contributed by atoms with Crippen molar-refractivity contribution in [1.29, 1.82) is 0 Å². The van der Waals surface area contributed by atoms with Crippen LogP contribution in [0.15, 0.2) is 48.5 Å². The zero-order chi connectivity index (χ0) is 24.5. The normalized spacial score (nSPS) is 13.9. The van der Waals surface area contributed by atoms with Crippen molar-refractivity contribution < 1.29 is 13.9 Å². The molecule has 11 heteroatoms. The van der Waals surface area contributed by atoms with Gasteiger partial charge in [-0.15, -0.1) is 5.10 Å². The zero-order valence-corrected chi connectivity index (χ0v) is 19.7. The van der Waals surface area contributed by atoms with Crippen molar-refractivity contribution in [3.05, 3.63) is 59.4 Å². The number of rotatable bonds is 4. The molecule has 35 heavy (non-hydrogen) atoms. The summed E-state index contributed by atoms with van der Waals surface area (Å²) in [5, 5.41) is 5.74. The lowest BCUT2D eigenvalue weighted by molar-refractivity contribution is 0.105. The van der Waals surface area contributed by atoms with E-state index in [1.165, 1.54) is 16.8 Å². The molecule has 9 nitrogen and oxygen atoms in total. The second-order valence-corrected chi connectivity index (χ2v) is 8.46. The van der Waals surface area contributed by atoms with E-state index in [0.717, 1.165) is 5.56 Å². The Labute approximate surface area is 205 Å². The number of piperazine rings is 1. The molecule has 4 aromatic rings. The molecule has 1 amide bonds. The van der Waals surface area contributed by atoms with Crippen molar-refractivity contribution in [3.8, 4) is 16.9 Å². The maximum atomic E-state index is 13.9. The third-order valence-electron chi connectivity index (χ3n) is 5.82. The van der Waals surface area contributed by atoms with Gasteiger partial charge in [0.2, 0.25) is 5.95 Å². The lowest BCUT2D eigenvalue weighted by Crippen LogP contribution is -2.49. The van der Waals surface area contributed by atoms with Crippen molar-refractivity contribution in [2.75, 3.05) is 43.4 Å². The highest BCUT2D eigenvalue weighted by Gasteiger charge is 2.26. The second-order valence-electron chi connectivity index (χ2n) is 8.03. The Bertz CT molecular complexity index is 1380. The van der Waals surface area contributed by atoms with Gasteiger partial charge in [0, 0.05) is 36.8 Å². The maximum Gasteiger partial charge on any atom is 0.409 e. The van der Waals surface area contributed by atoms with Crippen molar-refractivity contribution in [1.82, 2.24) is 24.6 Å². The van der Waals surface area contributed by atoms with Crippen LogP contribution in [0.3, 0.4) is 0 Å². The van der Waals surface area contributed by atoms with E-state index >= 15 is 0 Å². The molecule has 1 aliphatic rings. The van der Waals surface area contributed by atoms with Crippen LogP contribution in [0.5, 0.6) is 0 Å². The third kappa shape index (κ3) is 4.44. The number of nitrogen functional groups attached to an aromatic ring is 1. The predicted octanol–water partition coefficient (Wildman–Crippen LogP) is 4.14. The summed E-state index contributed by atoms with van der Waals surface area (Å²) < 4.78 is 20.5. The van der Waals surface area contributed by atoms with Crippen LogP contribution in [0, 0.1) is 5.82 Å². The highest BCUT2D eigenvalue weighted by Crippen LogP contribution is 2.34. The molecule has 0 spiro atoms. The van der Waals surface area contributed by atoms with E-state index < -0.39 is 5.82 Å². The molecule has 0 bridgehead atoms. The topological polar surface area (TPSA) is 102 Å². The van der Waals surface area contributed by atoms with E-state index in [-0.39, 0.29) is 6.09 Å². The van der Waals surface area contributed by atoms with Gasteiger partial charge in [-0.2, -0.15) is 4.98 Å². The quantitative estimate of drug-likeness (QED) is 0.454. The summed E-state index contributed by atoms with van der Waals surface area (Å²) in [5.41, 5.74) is 8.74. The number of hydrogen-bond acceptors (Lipinski definition) is 7. The third-order valence-corrected chi connectivity index (χ3v) is 6.07. The summed E-state index contributed by atoms with van der Waals surface area (Å²) >= 11 is 6.10. The minimum absolute atomic E-state index is 0.300. The summed E-state index contributed by atoms with van der Waals surface area (Å²) in [6, 6.07) is 13.3. The first-order chi connectivity index (χ1) is 16.9. The molecule has 0 saturated carbocycles. The molecule has 3 heterocycles. The van der Waals surface area contributed by atoms with Gasteiger partial charge >= 0.3 is 6.09 Å². The predicted molar refractivity (Wildman–Crippen MR) is 132 cm³/mol. The Morgan fingerprint density at radius 1 is 1.11 bits per heavy atom. The zero-order valence-electron chi connectivity index (χ0n) is 19.0. The number of ether oxygens (including phenoxy) is 1. The van der Waals surface area contributed by atoms with E-state index in [9.17, 15) is 9.18 Å². The molecule has 0 unspecified atom stereocenters. The van der Waals surface area contributed by atoms with Gasteiger partial charge in [-0.05, 0) is 37.3 Å². The number of aromatic nitrogens is 4. The van der Waals surface area contributed by atoms with Crippen LogP contribution < -0.4 is 10.6 Å². The van der Waals surface area contributed by atoms with Gasteiger partial charge in [0.05, 0.1) is 23.4 Å². The molecule has 5 rings (SSSR count). The number of carbonyl (C=O) groups excluding carboxylic acids is 1. The molecule has 180 valence electrons. The molecule has 2 N–H and O–H groups in total. The summed E-state index contributed by atoms with van der Waals surface area (Å²) in [6.45, 7) is 4.14. The molecule has 0 aliphatic carbocycles. The Morgan fingerprint density at radius 2 is 1.86 bits per heavy atom. The van der Waals surface area contributed by atoms with Crippen LogP contribution in [-0.2, 0) is 4.74 Å². The van der Waals surface area contributed by atoms with Gasteiger partial charge in [-0.25, -0.2) is 18.9 Å². The minimum Gasteiger partial charge on any atom is -0.450 e. The monoisotopic (exact) mass is 495 g/mol. The fraction of sp³-hybridized carbons (Fsp3) is 0.250. The maximum absolute atomic E-state index is 13.9. The van der Waals surface area contributed by atoms with Crippen molar-refractivity contribution in [2.24, 2.45) is 0 Å². The summed E-state index contributed by atoms with van der Waals surface area (Å²) in [4.78, 5) is 25.3. The average molecular weight is 496 g/mol. The molecule has 2 aromatic heterocycles. The van der Waals surface area contributed by atoms with Crippen LogP contribution in [0.4, 0.5) is 21.0 Å². The van der Waals surface area contributed by atoms with Gasteiger partial charge < -0.3 is 20.3 Å². The van der Waals surface area contributed by atoms with Gasteiger partial charge in [0.15, 0.2) is 5.65 Å². The average Bonchev–Trinajstić information content (AvgIpc) is 3.20. The second kappa shape index (κ2) is 9.38. The Balaban J connectivity index is 1.58. The number of fused-ring (bicyclic) bond motifs is 1. The smallest absolute Gasteiger partial charge is 0.409 e. The molecular weight excluding hydrogens is 473 g/mol. The molecule has 0 atom stereocenters. The number of hydrogen-bond donors (Lipinski definition) is 1. The number of nitrogens with two attached hydrogens (primary N) is 1. The fourth-order valence-electron chi connectivity index (χ4n) is 4.07. The van der Waals surface area contributed by atoms with Crippen LogP contribution in [0.2, 0.25) is 5.02 Å². The number of anilines is 2. The van der Waals surface area contributed by atoms with Gasteiger partial charge in [-0.1, -0.05) is 29.8 Å². The van der Waals surface area contributed by atoms with Crippen LogP contribution in [-0.4, -0.2) is 63.5 Å². The lowest BCUT2D eigenvalue weighted by Gasteiger charge is -2.34. The van der Waals surface area contributed by atoms with E-state index in [1.807, 2.05) is 17.0 Å². The molecule has 2 aromatic carbocycles. The largest absolute Gasteiger partial charge is 0.450 e. The van der Waals surface area contributed by atoms with E-state index in [1.54, 1.807) is 36.1 Å². The standard InChI is InChI=1S/C24H23ClFN7O2/c1-2-35-24(34)32-12-10-31(11-13-32)23-28-20(15-6-8-16(25)9-7-15)19-21(27)33(30-22(19)29-23)18-5-3-4-17(26)14-18/h3-9,14H,2,10-13,27H2,1H3. The number of halogens is 2. The van der Waals surface area contributed by atoms with Crippen molar-refractivity contribution in [3.63, 3.8) is 0 Å². The molecule has 0 radical (unpaired) electrons. The summed E-state index contributed by atoms with van der Waals surface area (Å²) in [7, 11) is 0. The van der Waals surface area contributed by atoms with E-state index in [4.69, 9.17) is 27.1 Å². The van der Waals surface area contributed by atoms with Gasteiger partial charge in [0.1, 0.15) is 11.6 Å². The summed E-state index contributed by atoms with van der Waals surface area (Å²) in [5.74, 6) is 0.370. The molecule has 1 fully saturated rings. The van der Waals surface area contributed by atoms with Gasteiger partial charge in [-0.3, -0.25) is 0 Å². The SMILES string of the molecule is CCOC(=O)N1CCN(c2nc(-c3ccc(Cl)cc3)c3c(N)n(-c4cccc(F)c4)nc3n2)CC1.